The van der Waals surface area contributed by atoms with E-state index in [0.29, 0.717) is 12.3 Å². The number of nitrogens with one attached hydrogen (secondary N) is 1. The average molecular weight is 345 g/mol. The molecule has 2 heterocycles. The normalized spacial score (nSPS) is 12.1. The summed E-state index contributed by atoms with van der Waals surface area (Å²) in [5.74, 6) is 0.537. The first-order valence-electron chi connectivity index (χ1n) is 8.83. The summed E-state index contributed by atoms with van der Waals surface area (Å²) in [5, 5.41) is 14.0. The topological polar surface area (TPSA) is 50.7 Å². The fraction of sp³-hybridized carbons (Fsp3) is 0.526. The van der Waals surface area contributed by atoms with Gasteiger partial charge < -0.3 is 5.32 Å². The first kappa shape index (κ1) is 18.6. The fourth-order valence-corrected chi connectivity index (χ4v) is 3.71. The zero-order valence-electron chi connectivity index (χ0n) is 15.0. The molecule has 0 saturated carbocycles. The molecule has 0 amide bonds. The summed E-state index contributed by atoms with van der Waals surface area (Å²) in [6, 6.07) is 6.05. The summed E-state index contributed by atoms with van der Waals surface area (Å²) in [6.07, 6.45) is 6.74. The number of aryl methyl sites for hydroxylation is 1. The Kier molecular flexibility index (Phi) is 7.37. The fourth-order valence-electron chi connectivity index (χ4n) is 2.75. The van der Waals surface area contributed by atoms with E-state index in [1.807, 2.05) is 25.1 Å². The molecule has 130 valence electrons. The number of rotatable bonds is 10. The van der Waals surface area contributed by atoms with E-state index in [9.17, 15) is 0 Å². The van der Waals surface area contributed by atoms with E-state index >= 15 is 0 Å². The van der Waals surface area contributed by atoms with Gasteiger partial charge in [0.05, 0.1) is 0 Å². The molecule has 0 fully saturated rings. The zero-order valence-corrected chi connectivity index (χ0v) is 15.8. The van der Waals surface area contributed by atoms with Gasteiger partial charge >= 0.3 is 0 Å². The zero-order chi connectivity index (χ0) is 17.4. The lowest BCUT2D eigenvalue weighted by molar-refractivity contribution is 0.535. The van der Waals surface area contributed by atoms with Gasteiger partial charge in [-0.1, -0.05) is 57.1 Å². The minimum Gasteiger partial charge on any atom is -0.334 e. The first-order chi connectivity index (χ1) is 11.6. The maximum absolute atomic E-state index is 4.51. The number of hydrogen-bond donors (Lipinski definition) is 1. The molecule has 0 unspecified atom stereocenters. The van der Waals surface area contributed by atoms with Crippen molar-refractivity contribution in [3.63, 3.8) is 0 Å². The van der Waals surface area contributed by atoms with Crippen LogP contribution in [0.4, 0.5) is 5.13 Å². The van der Waals surface area contributed by atoms with Gasteiger partial charge in [-0.05, 0) is 31.9 Å². The Balaban J connectivity index is 1.95. The molecule has 0 radical (unpaired) electrons. The highest BCUT2D eigenvalue weighted by Gasteiger charge is 2.16. The van der Waals surface area contributed by atoms with Crippen molar-refractivity contribution in [1.82, 2.24) is 15.2 Å². The highest BCUT2D eigenvalue weighted by Crippen LogP contribution is 2.31. The van der Waals surface area contributed by atoms with Crippen LogP contribution in [-0.2, 0) is 6.42 Å². The molecule has 0 bridgehead atoms. The molecule has 2 aromatic rings. The minimum atomic E-state index is 0.537. The van der Waals surface area contributed by atoms with E-state index < -0.39 is 0 Å². The lowest BCUT2D eigenvalue weighted by Gasteiger charge is -2.11. The quantitative estimate of drug-likeness (QED) is 0.619. The third-order valence-corrected chi connectivity index (χ3v) is 4.96. The number of aromatic nitrogens is 3. The maximum atomic E-state index is 4.51. The summed E-state index contributed by atoms with van der Waals surface area (Å²) in [5.41, 5.74) is 2.94. The monoisotopic (exact) mass is 344 g/mol. The Bertz CT molecular complexity index is 650. The molecule has 4 nitrogen and oxygen atoms in total. The maximum Gasteiger partial charge on any atom is 0.209 e. The van der Waals surface area contributed by atoms with Gasteiger partial charge in [0.1, 0.15) is 5.01 Å². The van der Waals surface area contributed by atoms with Crippen molar-refractivity contribution in [2.45, 2.75) is 65.2 Å². The van der Waals surface area contributed by atoms with Crippen LogP contribution in [0.2, 0.25) is 0 Å². The van der Waals surface area contributed by atoms with E-state index in [0.717, 1.165) is 27.2 Å². The summed E-state index contributed by atoms with van der Waals surface area (Å²) in [7, 11) is 0. The Morgan fingerprint density at radius 3 is 2.75 bits per heavy atom. The number of pyridine rings is 1. The van der Waals surface area contributed by atoms with E-state index in [1.165, 1.54) is 32.1 Å². The third-order valence-electron chi connectivity index (χ3n) is 3.96. The number of hydrogen-bond acceptors (Lipinski definition) is 5. The first-order valence-corrected chi connectivity index (χ1v) is 9.64. The molecule has 0 aliphatic heterocycles. The number of anilines is 1. The molecule has 0 saturated heterocycles. The number of nitrogens with zero attached hydrogens (tertiary/aromatic N) is 3. The van der Waals surface area contributed by atoms with E-state index in [4.69, 9.17) is 0 Å². The van der Waals surface area contributed by atoms with Gasteiger partial charge in [0, 0.05) is 29.4 Å². The summed E-state index contributed by atoms with van der Waals surface area (Å²) < 4.78 is 0. The van der Waals surface area contributed by atoms with Crippen LogP contribution in [0, 0.1) is 6.92 Å². The molecule has 2 aromatic heterocycles. The lowest BCUT2D eigenvalue weighted by atomic mass is 9.98. The Labute approximate surface area is 149 Å². The largest absolute Gasteiger partial charge is 0.334 e. The summed E-state index contributed by atoms with van der Waals surface area (Å²) >= 11 is 1.66. The second-order valence-corrected chi connectivity index (χ2v) is 7.26. The van der Waals surface area contributed by atoms with Crippen molar-refractivity contribution in [3.05, 3.63) is 46.9 Å². The molecule has 24 heavy (non-hydrogen) atoms. The van der Waals surface area contributed by atoms with Crippen molar-refractivity contribution in [3.8, 4) is 0 Å². The lowest BCUT2D eigenvalue weighted by Crippen LogP contribution is -2.03. The second-order valence-electron chi connectivity index (χ2n) is 6.25. The predicted molar refractivity (Wildman–Crippen MR) is 103 cm³/mol. The molecule has 0 aliphatic carbocycles. The van der Waals surface area contributed by atoms with Gasteiger partial charge in [0.25, 0.3) is 0 Å². The predicted octanol–water partition coefficient (Wildman–Crippen LogP) is 5.48. The van der Waals surface area contributed by atoms with Crippen LogP contribution in [0.1, 0.15) is 68.3 Å². The molecule has 0 aromatic carbocycles. The Morgan fingerprint density at radius 1 is 1.21 bits per heavy atom. The number of allylic oxidation sites excluding steroid dienone is 1. The van der Waals surface area contributed by atoms with Crippen LogP contribution in [0.15, 0.2) is 30.5 Å². The van der Waals surface area contributed by atoms with Gasteiger partial charge in [-0.3, -0.25) is 4.98 Å². The highest BCUT2D eigenvalue weighted by atomic mass is 32.1. The second kappa shape index (κ2) is 9.52. The molecule has 1 atom stereocenters. The van der Waals surface area contributed by atoms with Gasteiger partial charge in [-0.15, -0.1) is 10.2 Å². The molecule has 5 heteroatoms. The van der Waals surface area contributed by atoms with Crippen LogP contribution in [0.5, 0.6) is 0 Å². The van der Waals surface area contributed by atoms with Crippen LogP contribution < -0.4 is 5.32 Å². The molecular weight excluding hydrogens is 316 g/mol. The Hall–Kier alpha value is -1.75. The average Bonchev–Trinajstić information content (AvgIpc) is 2.99. The molecule has 0 spiro atoms. The summed E-state index contributed by atoms with van der Waals surface area (Å²) in [6.45, 7) is 10.6. The van der Waals surface area contributed by atoms with Gasteiger partial charge in [-0.25, -0.2) is 0 Å². The van der Waals surface area contributed by atoms with Crippen molar-refractivity contribution in [1.29, 1.82) is 0 Å². The SMILES string of the molecule is C=C(Cc1cccc(C)n1)Nc1nnc([C@H](CCC)CCCC)s1. The smallest absolute Gasteiger partial charge is 0.209 e. The van der Waals surface area contributed by atoms with Gasteiger partial charge in [-0.2, -0.15) is 0 Å². The van der Waals surface area contributed by atoms with Crippen molar-refractivity contribution >= 4 is 16.5 Å². The van der Waals surface area contributed by atoms with Crippen LogP contribution in [0.25, 0.3) is 0 Å². The standard InChI is InChI=1S/C19H28N4S/c1-5-7-11-16(9-6-2)18-22-23-19(24-18)21-15(4)13-17-12-8-10-14(3)20-17/h8,10,12,16H,4-7,9,11,13H2,1-3H3,(H,21,23)/t16-/m1/s1. The van der Waals surface area contributed by atoms with Crippen molar-refractivity contribution in [2.24, 2.45) is 0 Å². The van der Waals surface area contributed by atoms with E-state index in [-0.39, 0.29) is 0 Å². The van der Waals surface area contributed by atoms with Crippen LogP contribution in [0.3, 0.4) is 0 Å². The third kappa shape index (κ3) is 5.71. The summed E-state index contributed by atoms with van der Waals surface area (Å²) in [4.78, 5) is 4.51. The Morgan fingerprint density at radius 2 is 2.04 bits per heavy atom. The minimum absolute atomic E-state index is 0.537. The van der Waals surface area contributed by atoms with Crippen LogP contribution in [-0.4, -0.2) is 15.2 Å². The molecule has 1 N–H and O–H groups in total. The van der Waals surface area contributed by atoms with Gasteiger partial charge in [0.15, 0.2) is 0 Å². The van der Waals surface area contributed by atoms with Crippen molar-refractivity contribution < 1.29 is 0 Å². The van der Waals surface area contributed by atoms with E-state index in [2.05, 4.69) is 40.9 Å². The van der Waals surface area contributed by atoms with Gasteiger partial charge in [0.2, 0.25) is 5.13 Å². The number of unbranched alkanes of at least 4 members (excludes halogenated alkanes) is 1. The van der Waals surface area contributed by atoms with E-state index in [1.54, 1.807) is 11.3 Å². The molecule has 0 aliphatic rings. The highest BCUT2D eigenvalue weighted by molar-refractivity contribution is 7.15. The van der Waals surface area contributed by atoms with Crippen molar-refractivity contribution in [2.75, 3.05) is 5.32 Å². The molecule has 2 rings (SSSR count). The van der Waals surface area contributed by atoms with Crippen LogP contribution >= 0.6 is 11.3 Å². The molecular formula is C19H28N4S.